The number of pyridine rings is 1. The summed E-state index contributed by atoms with van der Waals surface area (Å²) in [5.74, 6) is 0.757. The second-order valence-electron chi connectivity index (χ2n) is 3.97. The smallest absolute Gasteiger partial charge is 0.144 e. The van der Waals surface area contributed by atoms with Crippen LogP contribution in [0.1, 0.15) is 12.5 Å². The molecule has 0 spiro atoms. The van der Waals surface area contributed by atoms with Crippen molar-refractivity contribution < 1.29 is 0 Å². The molecular weight excluding hydrogens is 254 g/mol. The molecule has 1 aromatic heterocycles. The van der Waals surface area contributed by atoms with Gasteiger partial charge in [0.1, 0.15) is 11.9 Å². The molecule has 0 radical (unpaired) electrons. The Labute approximate surface area is 117 Å². The molecular formula is C15H13N3S. The van der Waals surface area contributed by atoms with Crippen molar-refractivity contribution >= 4 is 17.6 Å². The van der Waals surface area contributed by atoms with Gasteiger partial charge < -0.3 is 5.32 Å². The van der Waals surface area contributed by atoms with Crippen molar-refractivity contribution in [2.75, 3.05) is 5.32 Å². The van der Waals surface area contributed by atoms with Crippen molar-refractivity contribution in [2.45, 2.75) is 16.7 Å². The lowest BCUT2D eigenvalue weighted by Gasteiger charge is -2.10. The van der Waals surface area contributed by atoms with Gasteiger partial charge in [0.15, 0.2) is 0 Å². The van der Waals surface area contributed by atoms with Crippen LogP contribution in [0.25, 0.3) is 0 Å². The summed E-state index contributed by atoms with van der Waals surface area (Å²) in [5, 5.41) is 12.2. The van der Waals surface area contributed by atoms with E-state index in [1.165, 1.54) is 11.8 Å². The molecule has 0 bridgehead atoms. The van der Waals surface area contributed by atoms with E-state index in [9.17, 15) is 0 Å². The highest BCUT2D eigenvalue weighted by molar-refractivity contribution is 7.99. The quantitative estimate of drug-likeness (QED) is 0.907. The number of hydrogen-bond donors (Lipinski definition) is 1. The monoisotopic (exact) mass is 267 g/mol. The van der Waals surface area contributed by atoms with E-state index in [1.807, 2.05) is 43.3 Å². The van der Waals surface area contributed by atoms with E-state index in [4.69, 9.17) is 5.26 Å². The molecule has 94 valence electrons. The van der Waals surface area contributed by atoms with Gasteiger partial charge in [-0.25, -0.2) is 4.98 Å². The first-order chi connectivity index (χ1) is 9.20. The SMILES string of the molecule is C=C(C)Nc1ncccc1Sc1ccccc1C#N. The van der Waals surface area contributed by atoms with Gasteiger partial charge in [-0.1, -0.05) is 30.5 Å². The maximum Gasteiger partial charge on any atom is 0.144 e. The minimum absolute atomic E-state index is 0.664. The Morgan fingerprint density at radius 3 is 2.74 bits per heavy atom. The molecule has 0 aliphatic rings. The van der Waals surface area contributed by atoms with E-state index in [-0.39, 0.29) is 0 Å². The zero-order chi connectivity index (χ0) is 13.7. The fraction of sp³-hybridized carbons (Fsp3) is 0.0667. The van der Waals surface area contributed by atoms with Crippen LogP contribution in [0.15, 0.2) is 64.7 Å². The molecule has 0 amide bonds. The lowest BCUT2D eigenvalue weighted by atomic mass is 10.2. The van der Waals surface area contributed by atoms with Crippen molar-refractivity contribution in [1.29, 1.82) is 5.26 Å². The number of nitrogens with zero attached hydrogens (tertiary/aromatic N) is 2. The molecule has 1 aromatic carbocycles. The van der Waals surface area contributed by atoms with Gasteiger partial charge in [0, 0.05) is 16.8 Å². The van der Waals surface area contributed by atoms with E-state index >= 15 is 0 Å². The lowest BCUT2D eigenvalue weighted by molar-refractivity contribution is 1.19. The number of nitriles is 1. The third-order valence-electron chi connectivity index (χ3n) is 2.33. The van der Waals surface area contributed by atoms with Crippen LogP contribution >= 0.6 is 11.8 Å². The third-order valence-corrected chi connectivity index (χ3v) is 3.46. The van der Waals surface area contributed by atoms with Gasteiger partial charge in [0.05, 0.1) is 10.5 Å². The fourth-order valence-corrected chi connectivity index (χ4v) is 2.49. The number of anilines is 1. The van der Waals surface area contributed by atoms with Crippen LogP contribution < -0.4 is 5.32 Å². The second-order valence-corrected chi connectivity index (χ2v) is 5.05. The van der Waals surface area contributed by atoms with Crippen LogP contribution in [0, 0.1) is 11.3 Å². The van der Waals surface area contributed by atoms with Crippen molar-refractivity contribution in [1.82, 2.24) is 4.98 Å². The number of hydrogen-bond acceptors (Lipinski definition) is 4. The molecule has 0 aliphatic carbocycles. The minimum Gasteiger partial charge on any atom is -0.344 e. The Morgan fingerprint density at radius 1 is 1.26 bits per heavy atom. The molecule has 1 heterocycles. The van der Waals surface area contributed by atoms with E-state index in [1.54, 1.807) is 6.20 Å². The van der Waals surface area contributed by atoms with Crippen LogP contribution in [0.2, 0.25) is 0 Å². The van der Waals surface area contributed by atoms with Crippen molar-refractivity contribution in [2.24, 2.45) is 0 Å². The maximum atomic E-state index is 9.10. The number of allylic oxidation sites excluding steroid dienone is 1. The molecule has 0 atom stereocenters. The first-order valence-electron chi connectivity index (χ1n) is 5.75. The summed E-state index contributed by atoms with van der Waals surface area (Å²) in [6.07, 6.45) is 1.73. The summed E-state index contributed by atoms with van der Waals surface area (Å²) < 4.78 is 0. The highest BCUT2D eigenvalue weighted by Crippen LogP contribution is 2.34. The molecule has 1 N–H and O–H groups in total. The zero-order valence-corrected chi connectivity index (χ0v) is 11.4. The topological polar surface area (TPSA) is 48.7 Å². The molecule has 2 aromatic rings. The van der Waals surface area contributed by atoms with Gasteiger partial charge in [-0.3, -0.25) is 0 Å². The van der Waals surface area contributed by atoms with Crippen molar-refractivity contribution in [3.63, 3.8) is 0 Å². The first-order valence-corrected chi connectivity index (χ1v) is 6.57. The van der Waals surface area contributed by atoms with Crippen LogP contribution in [-0.2, 0) is 0 Å². The summed E-state index contributed by atoms with van der Waals surface area (Å²) in [4.78, 5) is 6.18. The highest BCUT2D eigenvalue weighted by Gasteiger charge is 2.08. The van der Waals surface area contributed by atoms with Crippen molar-refractivity contribution in [3.05, 3.63) is 60.4 Å². The Morgan fingerprint density at radius 2 is 2.00 bits per heavy atom. The molecule has 3 nitrogen and oxygen atoms in total. The highest BCUT2D eigenvalue weighted by atomic mass is 32.2. The number of aromatic nitrogens is 1. The molecule has 0 unspecified atom stereocenters. The fourth-order valence-electron chi connectivity index (χ4n) is 1.54. The van der Waals surface area contributed by atoms with Gasteiger partial charge in [0.25, 0.3) is 0 Å². The molecule has 2 rings (SSSR count). The van der Waals surface area contributed by atoms with Gasteiger partial charge in [0.2, 0.25) is 0 Å². The first kappa shape index (κ1) is 13.2. The summed E-state index contributed by atoms with van der Waals surface area (Å²) in [5.41, 5.74) is 1.49. The molecule has 19 heavy (non-hydrogen) atoms. The van der Waals surface area contributed by atoms with Crippen LogP contribution in [-0.4, -0.2) is 4.98 Å². The predicted octanol–water partition coefficient (Wildman–Crippen LogP) is 4.05. The predicted molar refractivity (Wildman–Crippen MR) is 78.0 cm³/mol. The van der Waals surface area contributed by atoms with E-state index in [0.29, 0.717) is 5.56 Å². The standard InChI is InChI=1S/C15H13N3S/c1-11(2)18-15-14(8-5-9-17-15)19-13-7-4-3-6-12(13)10-16/h3-9H,1H2,2H3,(H,17,18). The third kappa shape index (κ3) is 3.36. The summed E-state index contributed by atoms with van der Waals surface area (Å²) >= 11 is 1.52. The zero-order valence-electron chi connectivity index (χ0n) is 10.6. The largest absolute Gasteiger partial charge is 0.344 e. The second kappa shape index (κ2) is 6.07. The van der Waals surface area contributed by atoms with Crippen LogP contribution in [0.5, 0.6) is 0 Å². The number of benzene rings is 1. The summed E-state index contributed by atoms with van der Waals surface area (Å²) in [7, 11) is 0. The summed E-state index contributed by atoms with van der Waals surface area (Å²) in [6, 6.07) is 13.6. The number of nitrogens with one attached hydrogen (secondary N) is 1. The molecule has 0 aliphatic heterocycles. The Kier molecular flexibility index (Phi) is 4.22. The number of rotatable bonds is 4. The van der Waals surface area contributed by atoms with Crippen LogP contribution in [0.4, 0.5) is 5.82 Å². The maximum absolute atomic E-state index is 9.10. The van der Waals surface area contributed by atoms with Crippen molar-refractivity contribution in [3.8, 4) is 6.07 Å². The Balaban J connectivity index is 2.33. The Hall–Kier alpha value is -2.25. The lowest BCUT2D eigenvalue weighted by Crippen LogP contribution is -1.98. The summed E-state index contributed by atoms with van der Waals surface area (Å²) in [6.45, 7) is 5.70. The molecule has 0 saturated heterocycles. The average molecular weight is 267 g/mol. The molecule has 4 heteroatoms. The molecule has 0 saturated carbocycles. The van der Waals surface area contributed by atoms with E-state index in [0.717, 1.165) is 21.3 Å². The van der Waals surface area contributed by atoms with Crippen LogP contribution in [0.3, 0.4) is 0 Å². The van der Waals surface area contributed by atoms with E-state index in [2.05, 4.69) is 22.9 Å². The normalized spacial score (nSPS) is 9.68. The average Bonchev–Trinajstić information content (AvgIpc) is 2.41. The minimum atomic E-state index is 0.664. The Bertz CT molecular complexity index is 644. The molecule has 0 fully saturated rings. The van der Waals surface area contributed by atoms with E-state index < -0.39 is 0 Å². The van der Waals surface area contributed by atoms with Gasteiger partial charge in [-0.15, -0.1) is 0 Å². The van der Waals surface area contributed by atoms with Gasteiger partial charge in [-0.2, -0.15) is 5.26 Å². The van der Waals surface area contributed by atoms with Gasteiger partial charge in [-0.05, 0) is 31.2 Å². The van der Waals surface area contributed by atoms with Gasteiger partial charge >= 0.3 is 0 Å².